The van der Waals surface area contributed by atoms with Crippen molar-refractivity contribution in [3.05, 3.63) is 34.6 Å². The summed E-state index contributed by atoms with van der Waals surface area (Å²) in [5, 5.41) is 3.73. The third-order valence-electron chi connectivity index (χ3n) is 3.84. The molecular formula is C16H24ClFN2. The maximum absolute atomic E-state index is 14.0. The molecule has 1 aromatic rings. The summed E-state index contributed by atoms with van der Waals surface area (Å²) in [5.74, 6) is 0.394. The average Bonchev–Trinajstić information content (AvgIpc) is 2.82. The van der Waals surface area contributed by atoms with Gasteiger partial charge in [-0.2, -0.15) is 0 Å². The van der Waals surface area contributed by atoms with Gasteiger partial charge in [-0.05, 0) is 37.9 Å². The van der Waals surface area contributed by atoms with Crippen LogP contribution in [0.1, 0.15) is 32.3 Å². The first-order chi connectivity index (χ1) is 9.58. The van der Waals surface area contributed by atoms with Crippen molar-refractivity contribution >= 4 is 11.6 Å². The Morgan fingerprint density at radius 2 is 2.25 bits per heavy atom. The van der Waals surface area contributed by atoms with E-state index in [-0.39, 0.29) is 10.8 Å². The van der Waals surface area contributed by atoms with Crippen LogP contribution in [0.5, 0.6) is 0 Å². The average molecular weight is 299 g/mol. The number of nitrogens with zero attached hydrogens (tertiary/aromatic N) is 1. The molecule has 0 amide bonds. The Morgan fingerprint density at radius 3 is 3.00 bits per heavy atom. The Kier molecular flexibility index (Phi) is 5.82. The lowest BCUT2D eigenvalue weighted by molar-refractivity contribution is 0.234. The molecule has 0 aliphatic carbocycles. The molecule has 2 nitrogen and oxygen atoms in total. The minimum Gasteiger partial charge on any atom is -0.315 e. The van der Waals surface area contributed by atoms with Crippen LogP contribution in [0.4, 0.5) is 4.39 Å². The van der Waals surface area contributed by atoms with Crippen LogP contribution in [0.25, 0.3) is 0 Å². The zero-order valence-corrected chi connectivity index (χ0v) is 13.1. The first-order valence-electron chi connectivity index (χ1n) is 7.45. The zero-order chi connectivity index (χ0) is 14.5. The molecule has 4 heteroatoms. The number of halogens is 2. The number of benzene rings is 1. The van der Waals surface area contributed by atoms with E-state index >= 15 is 0 Å². The fourth-order valence-corrected chi connectivity index (χ4v) is 2.96. The minimum absolute atomic E-state index is 0.219. The fourth-order valence-electron chi connectivity index (χ4n) is 2.76. The maximum atomic E-state index is 14.0. The van der Waals surface area contributed by atoms with Gasteiger partial charge >= 0.3 is 0 Å². The normalized spacial score (nSPS) is 19.9. The topological polar surface area (TPSA) is 15.3 Å². The summed E-state index contributed by atoms with van der Waals surface area (Å²) in [6.45, 7) is 8.14. The van der Waals surface area contributed by atoms with Gasteiger partial charge in [0.1, 0.15) is 5.82 Å². The molecule has 1 heterocycles. The summed E-state index contributed by atoms with van der Waals surface area (Å²) >= 11 is 5.85. The Morgan fingerprint density at radius 1 is 1.45 bits per heavy atom. The molecule has 1 fully saturated rings. The lowest BCUT2D eigenvalue weighted by atomic mass is 10.1. The SMILES string of the molecule is CC(C)CNCC1CCCN1Cc1cccc(Cl)c1F. The molecule has 1 atom stereocenters. The van der Waals surface area contributed by atoms with Crippen LogP contribution in [0.15, 0.2) is 18.2 Å². The van der Waals surface area contributed by atoms with Crippen LogP contribution in [-0.4, -0.2) is 30.6 Å². The highest BCUT2D eigenvalue weighted by molar-refractivity contribution is 6.30. The predicted octanol–water partition coefficient (Wildman–Crippen LogP) is 3.69. The maximum Gasteiger partial charge on any atom is 0.146 e. The van der Waals surface area contributed by atoms with Gasteiger partial charge in [0, 0.05) is 24.7 Å². The Balaban J connectivity index is 1.92. The van der Waals surface area contributed by atoms with E-state index in [9.17, 15) is 4.39 Å². The first-order valence-corrected chi connectivity index (χ1v) is 7.83. The van der Waals surface area contributed by atoms with Crippen LogP contribution >= 0.6 is 11.6 Å². The Hall–Kier alpha value is -0.640. The third kappa shape index (κ3) is 4.18. The highest BCUT2D eigenvalue weighted by Gasteiger charge is 2.25. The molecule has 0 spiro atoms. The number of hydrogen-bond donors (Lipinski definition) is 1. The summed E-state index contributed by atoms with van der Waals surface area (Å²) in [6.07, 6.45) is 2.38. The molecule has 1 aliphatic heterocycles. The van der Waals surface area contributed by atoms with E-state index in [1.165, 1.54) is 12.8 Å². The molecule has 1 aromatic carbocycles. The van der Waals surface area contributed by atoms with Crippen molar-refractivity contribution in [1.82, 2.24) is 10.2 Å². The molecule has 1 N–H and O–H groups in total. The van der Waals surface area contributed by atoms with E-state index in [0.717, 1.165) is 19.6 Å². The van der Waals surface area contributed by atoms with Crippen molar-refractivity contribution in [3.63, 3.8) is 0 Å². The standard InChI is InChI=1S/C16H24ClFN2/c1-12(2)9-19-10-14-6-4-8-20(14)11-13-5-3-7-15(17)16(13)18/h3,5,7,12,14,19H,4,6,8-11H2,1-2H3. The van der Waals surface area contributed by atoms with Gasteiger partial charge in [-0.1, -0.05) is 37.6 Å². The van der Waals surface area contributed by atoms with Crippen molar-refractivity contribution in [2.45, 2.75) is 39.3 Å². The van der Waals surface area contributed by atoms with Crippen LogP contribution < -0.4 is 5.32 Å². The first kappa shape index (κ1) is 15.7. The quantitative estimate of drug-likeness (QED) is 0.862. The lowest BCUT2D eigenvalue weighted by Gasteiger charge is -2.25. The number of hydrogen-bond acceptors (Lipinski definition) is 2. The van der Waals surface area contributed by atoms with E-state index in [4.69, 9.17) is 11.6 Å². The van der Waals surface area contributed by atoms with E-state index < -0.39 is 0 Å². The smallest absolute Gasteiger partial charge is 0.146 e. The van der Waals surface area contributed by atoms with Gasteiger partial charge in [-0.3, -0.25) is 4.90 Å². The van der Waals surface area contributed by atoms with Gasteiger partial charge in [-0.25, -0.2) is 4.39 Å². The van der Waals surface area contributed by atoms with Gasteiger partial charge in [0.2, 0.25) is 0 Å². The molecule has 1 saturated heterocycles. The van der Waals surface area contributed by atoms with E-state index in [1.807, 2.05) is 12.1 Å². The molecule has 0 bridgehead atoms. The molecule has 0 saturated carbocycles. The second kappa shape index (κ2) is 7.39. The van der Waals surface area contributed by atoms with Crippen LogP contribution in [-0.2, 0) is 6.54 Å². The van der Waals surface area contributed by atoms with Crippen LogP contribution in [0.2, 0.25) is 5.02 Å². The van der Waals surface area contributed by atoms with Crippen molar-refractivity contribution in [2.24, 2.45) is 5.92 Å². The molecule has 20 heavy (non-hydrogen) atoms. The molecule has 112 valence electrons. The monoisotopic (exact) mass is 298 g/mol. The molecule has 0 aromatic heterocycles. The van der Waals surface area contributed by atoms with Gasteiger partial charge in [-0.15, -0.1) is 0 Å². The summed E-state index contributed by atoms with van der Waals surface area (Å²) in [5.41, 5.74) is 0.702. The second-order valence-corrected chi connectivity index (χ2v) is 6.44. The lowest BCUT2D eigenvalue weighted by Crippen LogP contribution is -2.38. The third-order valence-corrected chi connectivity index (χ3v) is 4.13. The Bertz CT molecular complexity index is 436. The van der Waals surface area contributed by atoms with Gasteiger partial charge in [0.25, 0.3) is 0 Å². The van der Waals surface area contributed by atoms with Crippen molar-refractivity contribution < 1.29 is 4.39 Å². The Labute approximate surface area is 126 Å². The van der Waals surface area contributed by atoms with Gasteiger partial charge < -0.3 is 5.32 Å². The van der Waals surface area contributed by atoms with Gasteiger partial charge in [0.15, 0.2) is 0 Å². The molecule has 2 rings (SSSR count). The summed E-state index contributed by atoms with van der Waals surface area (Å²) in [4.78, 5) is 2.36. The van der Waals surface area contributed by atoms with Gasteiger partial charge in [0.05, 0.1) is 5.02 Å². The number of rotatable bonds is 6. The number of likely N-dealkylation sites (tertiary alicyclic amines) is 1. The second-order valence-electron chi connectivity index (χ2n) is 6.03. The van der Waals surface area contributed by atoms with Crippen molar-refractivity contribution in [3.8, 4) is 0 Å². The molecular weight excluding hydrogens is 275 g/mol. The van der Waals surface area contributed by atoms with Crippen LogP contribution in [0.3, 0.4) is 0 Å². The van der Waals surface area contributed by atoms with Crippen LogP contribution in [0, 0.1) is 11.7 Å². The summed E-state index contributed by atoms with van der Waals surface area (Å²) in [6, 6.07) is 5.76. The molecule has 0 radical (unpaired) electrons. The number of nitrogens with one attached hydrogen (secondary N) is 1. The van der Waals surface area contributed by atoms with E-state index in [1.54, 1.807) is 6.07 Å². The largest absolute Gasteiger partial charge is 0.315 e. The zero-order valence-electron chi connectivity index (χ0n) is 12.3. The molecule has 1 aliphatic rings. The summed E-state index contributed by atoms with van der Waals surface area (Å²) in [7, 11) is 0. The fraction of sp³-hybridized carbons (Fsp3) is 0.625. The highest BCUT2D eigenvalue weighted by Crippen LogP contribution is 2.23. The van der Waals surface area contributed by atoms with Crippen molar-refractivity contribution in [2.75, 3.05) is 19.6 Å². The molecule has 1 unspecified atom stereocenters. The van der Waals surface area contributed by atoms with Crippen molar-refractivity contribution in [1.29, 1.82) is 0 Å². The predicted molar refractivity (Wildman–Crippen MR) is 82.5 cm³/mol. The summed E-state index contributed by atoms with van der Waals surface area (Å²) < 4.78 is 14.0. The van der Waals surface area contributed by atoms with E-state index in [0.29, 0.717) is 24.1 Å². The highest BCUT2D eigenvalue weighted by atomic mass is 35.5. The minimum atomic E-state index is -0.269. The van der Waals surface area contributed by atoms with E-state index in [2.05, 4.69) is 24.1 Å².